The molecule has 8 heteroatoms. The topological polar surface area (TPSA) is 89.3 Å². The molecular weight excluding hydrogens is 396 g/mol. The molecule has 6 nitrogen and oxygen atoms in total. The number of pyridine rings is 1. The van der Waals surface area contributed by atoms with Gasteiger partial charge in [0.05, 0.1) is 16.9 Å². The SMILES string of the molecule is CC(C)(C)OC(=O)NCCNc1c(N)c(Cl)nc2cc(Br)ccc12. The number of rotatable bonds is 4. The summed E-state index contributed by atoms with van der Waals surface area (Å²) in [5, 5.41) is 6.98. The first kappa shape index (κ1) is 18.6. The Morgan fingerprint density at radius 2 is 2.08 bits per heavy atom. The molecule has 0 atom stereocenters. The molecule has 0 spiro atoms. The lowest BCUT2D eigenvalue weighted by atomic mass is 10.1. The standard InChI is InChI=1S/C16H20BrClN4O2/c1-16(2,3)24-15(23)21-7-6-20-13-10-5-4-9(17)8-11(10)22-14(18)12(13)19/h4-5,8H,6-7,19H2,1-3H3,(H,20,22)(H,21,23). The molecule has 0 bridgehead atoms. The molecule has 4 N–H and O–H groups in total. The van der Waals surface area contributed by atoms with E-state index in [1.807, 2.05) is 39.0 Å². The van der Waals surface area contributed by atoms with Gasteiger partial charge in [-0.15, -0.1) is 0 Å². The normalized spacial score (nSPS) is 11.4. The molecule has 1 amide bonds. The van der Waals surface area contributed by atoms with Crippen molar-refractivity contribution >= 4 is 55.9 Å². The van der Waals surface area contributed by atoms with E-state index in [1.54, 1.807) is 0 Å². The average Bonchev–Trinajstić information content (AvgIpc) is 2.45. The maximum absolute atomic E-state index is 11.6. The number of hydrogen-bond acceptors (Lipinski definition) is 5. The smallest absolute Gasteiger partial charge is 0.407 e. The molecule has 0 aliphatic heterocycles. The van der Waals surface area contributed by atoms with Crippen molar-refractivity contribution in [3.05, 3.63) is 27.8 Å². The van der Waals surface area contributed by atoms with E-state index in [2.05, 4.69) is 31.5 Å². The number of fused-ring (bicyclic) bond motifs is 1. The molecular formula is C16H20BrClN4O2. The van der Waals surface area contributed by atoms with Gasteiger partial charge in [-0.1, -0.05) is 27.5 Å². The Bertz CT molecular complexity index is 762. The van der Waals surface area contributed by atoms with Crippen LogP contribution in [0, 0.1) is 0 Å². The van der Waals surface area contributed by atoms with E-state index in [9.17, 15) is 4.79 Å². The molecule has 0 aliphatic carbocycles. The Morgan fingerprint density at radius 3 is 2.75 bits per heavy atom. The van der Waals surface area contributed by atoms with Crippen molar-refractivity contribution < 1.29 is 9.53 Å². The van der Waals surface area contributed by atoms with Crippen LogP contribution in [-0.2, 0) is 4.74 Å². The monoisotopic (exact) mass is 414 g/mol. The molecule has 0 radical (unpaired) electrons. The zero-order valence-corrected chi connectivity index (χ0v) is 16.1. The molecule has 1 aromatic heterocycles. The molecule has 0 aliphatic rings. The number of carbonyl (C=O) groups excluding carboxylic acids is 1. The molecule has 2 aromatic rings. The summed E-state index contributed by atoms with van der Waals surface area (Å²) in [7, 11) is 0. The molecule has 1 aromatic carbocycles. The van der Waals surface area contributed by atoms with Gasteiger partial charge in [0.15, 0.2) is 5.15 Å². The van der Waals surface area contributed by atoms with Crippen molar-refractivity contribution in [1.29, 1.82) is 0 Å². The summed E-state index contributed by atoms with van der Waals surface area (Å²) in [4.78, 5) is 15.9. The highest BCUT2D eigenvalue weighted by Gasteiger charge is 2.16. The van der Waals surface area contributed by atoms with Crippen LogP contribution in [0.1, 0.15) is 20.8 Å². The van der Waals surface area contributed by atoms with Crippen LogP contribution in [0.15, 0.2) is 22.7 Å². The summed E-state index contributed by atoms with van der Waals surface area (Å²) in [6, 6.07) is 5.68. The van der Waals surface area contributed by atoms with Gasteiger partial charge in [0.25, 0.3) is 0 Å². The van der Waals surface area contributed by atoms with Crippen LogP contribution < -0.4 is 16.4 Å². The third kappa shape index (κ3) is 4.88. The highest BCUT2D eigenvalue weighted by atomic mass is 79.9. The largest absolute Gasteiger partial charge is 0.444 e. The number of alkyl carbamates (subject to hydrolysis) is 1. The minimum atomic E-state index is -0.524. The van der Waals surface area contributed by atoms with Crippen LogP contribution in [0.3, 0.4) is 0 Å². The van der Waals surface area contributed by atoms with Crippen LogP contribution >= 0.6 is 27.5 Å². The summed E-state index contributed by atoms with van der Waals surface area (Å²) in [5.74, 6) is 0. The molecule has 130 valence electrons. The number of halogens is 2. The third-order valence-electron chi connectivity index (χ3n) is 3.03. The highest BCUT2D eigenvalue weighted by Crippen LogP contribution is 2.34. The third-order valence-corrected chi connectivity index (χ3v) is 3.82. The van der Waals surface area contributed by atoms with Crippen LogP contribution in [0.2, 0.25) is 5.15 Å². The number of benzene rings is 1. The maximum atomic E-state index is 11.6. The minimum absolute atomic E-state index is 0.239. The number of nitrogens with two attached hydrogens (primary N) is 1. The Labute approximate surface area is 154 Å². The predicted octanol–water partition coefficient (Wildman–Crippen LogP) is 4.17. The molecule has 2 rings (SSSR count). The van der Waals surface area contributed by atoms with E-state index < -0.39 is 11.7 Å². The lowest BCUT2D eigenvalue weighted by molar-refractivity contribution is 0.0530. The number of amides is 1. The second-order valence-electron chi connectivity index (χ2n) is 6.21. The molecule has 0 unspecified atom stereocenters. The Morgan fingerprint density at radius 1 is 1.38 bits per heavy atom. The van der Waals surface area contributed by atoms with Gasteiger partial charge in [-0.05, 0) is 39.0 Å². The molecule has 0 saturated heterocycles. The lowest BCUT2D eigenvalue weighted by Crippen LogP contribution is -2.35. The zero-order valence-electron chi connectivity index (χ0n) is 13.7. The Balaban J connectivity index is 2.05. The summed E-state index contributed by atoms with van der Waals surface area (Å²) >= 11 is 9.51. The van der Waals surface area contributed by atoms with E-state index >= 15 is 0 Å². The van der Waals surface area contributed by atoms with E-state index in [-0.39, 0.29) is 5.15 Å². The zero-order chi connectivity index (χ0) is 17.9. The van der Waals surface area contributed by atoms with Crippen LogP contribution in [0.5, 0.6) is 0 Å². The maximum Gasteiger partial charge on any atom is 0.407 e. The number of nitrogen functional groups attached to an aromatic ring is 1. The van der Waals surface area contributed by atoms with E-state index in [0.29, 0.717) is 24.5 Å². The lowest BCUT2D eigenvalue weighted by Gasteiger charge is -2.20. The van der Waals surface area contributed by atoms with Gasteiger partial charge in [0.1, 0.15) is 5.60 Å². The summed E-state index contributed by atoms with van der Waals surface area (Å²) in [5.41, 5.74) is 7.31. The molecule has 0 fully saturated rings. The van der Waals surface area contributed by atoms with Gasteiger partial charge in [0, 0.05) is 22.9 Å². The summed E-state index contributed by atoms with van der Waals surface area (Å²) < 4.78 is 6.08. The van der Waals surface area contributed by atoms with Crippen molar-refractivity contribution in [3.8, 4) is 0 Å². The Kier molecular flexibility index (Phi) is 5.77. The van der Waals surface area contributed by atoms with Gasteiger partial charge in [-0.25, -0.2) is 9.78 Å². The number of nitrogens with zero attached hydrogens (tertiary/aromatic N) is 1. The summed E-state index contributed by atoms with van der Waals surface area (Å²) in [6.45, 7) is 6.29. The fraction of sp³-hybridized carbons (Fsp3) is 0.375. The highest BCUT2D eigenvalue weighted by molar-refractivity contribution is 9.10. The van der Waals surface area contributed by atoms with Crippen molar-refractivity contribution in [2.45, 2.75) is 26.4 Å². The summed E-state index contributed by atoms with van der Waals surface area (Å²) in [6.07, 6.45) is -0.459. The first-order valence-corrected chi connectivity index (χ1v) is 8.59. The fourth-order valence-corrected chi connectivity index (χ4v) is 2.61. The second-order valence-corrected chi connectivity index (χ2v) is 7.48. The fourth-order valence-electron chi connectivity index (χ4n) is 2.08. The number of carbonyl (C=O) groups is 1. The van der Waals surface area contributed by atoms with Gasteiger partial charge < -0.3 is 21.1 Å². The van der Waals surface area contributed by atoms with Gasteiger partial charge in [-0.2, -0.15) is 0 Å². The van der Waals surface area contributed by atoms with E-state index in [1.165, 1.54) is 0 Å². The molecule has 24 heavy (non-hydrogen) atoms. The second kappa shape index (κ2) is 7.44. The first-order valence-electron chi connectivity index (χ1n) is 7.42. The number of nitrogens with one attached hydrogen (secondary N) is 2. The minimum Gasteiger partial charge on any atom is -0.444 e. The molecule has 0 saturated carbocycles. The number of anilines is 2. The number of ether oxygens (including phenoxy) is 1. The number of hydrogen-bond donors (Lipinski definition) is 3. The Hall–Kier alpha value is -1.73. The van der Waals surface area contributed by atoms with E-state index in [0.717, 1.165) is 15.4 Å². The van der Waals surface area contributed by atoms with E-state index in [4.69, 9.17) is 22.1 Å². The quantitative estimate of drug-likeness (QED) is 0.515. The van der Waals surface area contributed by atoms with Crippen molar-refractivity contribution in [2.24, 2.45) is 0 Å². The van der Waals surface area contributed by atoms with Crippen molar-refractivity contribution in [2.75, 3.05) is 24.1 Å². The predicted molar refractivity (Wildman–Crippen MR) is 102 cm³/mol. The van der Waals surface area contributed by atoms with Gasteiger partial charge in [-0.3, -0.25) is 0 Å². The van der Waals surface area contributed by atoms with Crippen LogP contribution in [0.25, 0.3) is 10.9 Å². The van der Waals surface area contributed by atoms with Gasteiger partial charge >= 0.3 is 6.09 Å². The number of aromatic nitrogens is 1. The molecule has 1 heterocycles. The van der Waals surface area contributed by atoms with Crippen molar-refractivity contribution in [1.82, 2.24) is 10.3 Å². The van der Waals surface area contributed by atoms with Crippen LogP contribution in [0.4, 0.5) is 16.2 Å². The van der Waals surface area contributed by atoms with Crippen molar-refractivity contribution in [3.63, 3.8) is 0 Å². The van der Waals surface area contributed by atoms with Gasteiger partial charge in [0.2, 0.25) is 0 Å². The average molecular weight is 416 g/mol. The van der Waals surface area contributed by atoms with Crippen LogP contribution in [-0.4, -0.2) is 29.8 Å². The first-order chi connectivity index (χ1) is 11.2.